The van der Waals surface area contributed by atoms with Crippen molar-refractivity contribution in [2.24, 2.45) is 0 Å². The minimum Gasteiger partial charge on any atom is -0.495 e. The molecule has 0 aliphatic rings. The van der Waals surface area contributed by atoms with Crippen LogP contribution < -0.4 is 15.4 Å². The Hall–Kier alpha value is -2.49. The number of methoxy groups -OCH3 is 1. The summed E-state index contributed by atoms with van der Waals surface area (Å²) < 4.78 is 5.26. The van der Waals surface area contributed by atoms with Crippen LogP contribution in [0.1, 0.15) is 17.5 Å². The summed E-state index contributed by atoms with van der Waals surface area (Å²) in [6.45, 7) is 4.55. The lowest BCUT2D eigenvalue weighted by atomic mass is 10.1. The first kappa shape index (κ1) is 15.9. The van der Waals surface area contributed by atoms with Gasteiger partial charge in [0.2, 0.25) is 5.91 Å². The average molecular weight is 298 g/mol. The maximum Gasteiger partial charge on any atom is 0.226 e. The molecule has 4 heteroatoms. The predicted octanol–water partition coefficient (Wildman–Crippen LogP) is 3.75. The molecular weight excluding hydrogens is 276 g/mol. The number of carbonyl (C=O) groups is 1. The second kappa shape index (κ2) is 7.50. The minimum atomic E-state index is -0.00361. The fourth-order valence-corrected chi connectivity index (χ4v) is 2.18. The van der Waals surface area contributed by atoms with Crippen LogP contribution in [-0.4, -0.2) is 19.6 Å². The molecule has 0 aromatic heterocycles. The normalized spacial score (nSPS) is 10.1. The molecule has 0 atom stereocenters. The Bertz CT molecular complexity index is 653. The first-order valence-electron chi connectivity index (χ1n) is 7.34. The predicted molar refractivity (Wildman–Crippen MR) is 90.6 cm³/mol. The van der Waals surface area contributed by atoms with Gasteiger partial charge in [-0.1, -0.05) is 24.3 Å². The fraction of sp³-hybridized carbons (Fsp3) is 0.278. The van der Waals surface area contributed by atoms with E-state index in [0.29, 0.717) is 13.0 Å². The first-order valence-corrected chi connectivity index (χ1v) is 7.34. The molecule has 0 bridgehead atoms. The average Bonchev–Trinajstić information content (AvgIpc) is 2.51. The van der Waals surface area contributed by atoms with Gasteiger partial charge < -0.3 is 15.4 Å². The van der Waals surface area contributed by atoms with Crippen LogP contribution in [0.2, 0.25) is 0 Å². The molecule has 0 fully saturated rings. The summed E-state index contributed by atoms with van der Waals surface area (Å²) in [4.78, 5) is 12.0. The molecule has 2 rings (SSSR count). The van der Waals surface area contributed by atoms with Crippen molar-refractivity contribution < 1.29 is 9.53 Å². The van der Waals surface area contributed by atoms with Gasteiger partial charge in [0.1, 0.15) is 5.75 Å². The lowest BCUT2D eigenvalue weighted by molar-refractivity contribution is -0.115. The summed E-state index contributed by atoms with van der Waals surface area (Å²) in [6.07, 6.45) is 0.394. The molecule has 0 radical (unpaired) electrons. The zero-order valence-corrected chi connectivity index (χ0v) is 13.3. The van der Waals surface area contributed by atoms with Crippen LogP contribution in [0.25, 0.3) is 0 Å². The molecule has 0 heterocycles. The molecule has 0 saturated heterocycles. The number of carbonyl (C=O) groups excluding carboxylic acids is 1. The molecule has 4 nitrogen and oxygen atoms in total. The number of amides is 1. The van der Waals surface area contributed by atoms with Gasteiger partial charge in [0, 0.05) is 18.7 Å². The van der Waals surface area contributed by atoms with Crippen LogP contribution in [0, 0.1) is 13.8 Å². The summed E-state index contributed by atoms with van der Waals surface area (Å²) in [5.74, 6) is 0.772. The molecule has 2 aromatic carbocycles. The topological polar surface area (TPSA) is 50.4 Å². The van der Waals surface area contributed by atoms with Crippen LogP contribution in [0.3, 0.4) is 0 Å². The van der Waals surface area contributed by atoms with Gasteiger partial charge in [-0.3, -0.25) is 4.79 Å². The molecule has 0 unspecified atom stereocenters. The largest absolute Gasteiger partial charge is 0.495 e. The zero-order chi connectivity index (χ0) is 15.9. The molecule has 22 heavy (non-hydrogen) atoms. The highest BCUT2D eigenvalue weighted by Crippen LogP contribution is 2.22. The van der Waals surface area contributed by atoms with E-state index < -0.39 is 0 Å². The van der Waals surface area contributed by atoms with E-state index in [1.54, 1.807) is 7.11 Å². The molecule has 2 aromatic rings. The lowest BCUT2D eigenvalue weighted by Gasteiger charge is -2.12. The van der Waals surface area contributed by atoms with Gasteiger partial charge in [-0.2, -0.15) is 0 Å². The highest BCUT2D eigenvalue weighted by Gasteiger charge is 2.06. The highest BCUT2D eigenvalue weighted by atomic mass is 16.5. The van der Waals surface area contributed by atoms with Crippen molar-refractivity contribution in [2.75, 3.05) is 24.3 Å². The Morgan fingerprint density at radius 2 is 1.86 bits per heavy atom. The highest BCUT2D eigenvalue weighted by molar-refractivity contribution is 5.91. The minimum absolute atomic E-state index is 0.00361. The molecule has 0 aliphatic carbocycles. The number of hydrogen-bond donors (Lipinski definition) is 2. The zero-order valence-electron chi connectivity index (χ0n) is 13.3. The maximum absolute atomic E-state index is 12.0. The van der Waals surface area contributed by atoms with Crippen molar-refractivity contribution in [2.45, 2.75) is 20.3 Å². The van der Waals surface area contributed by atoms with E-state index in [-0.39, 0.29) is 5.91 Å². The standard InChI is InChI=1S/C18H22N2O2/c1-13-8-9-14(2)16(12-13)20-18(21)10-11-19-15-6-4-5-7-17(15)22-3/h4-9,12,19H,10-11H2,1-3H3,(H,20,21). The van der Waals surface area contributed by atoms with E-state index in [1.807, 2.05) is 56.3 Å². The van der Waals surface area contributed by atoms with Crippen molar-refractivity contribution in [1.29, 1.82) is 0 Å². The fourth-order valence-electron chi connectivity index (χ4n) is 2.18. The summed E-state index contributed by atoms with van der Waals surface area (Å²) in [5, 5.41) is 6.18. The van der Waals surface area contributed by atoms with Crippen molar-refractivity contribution in [3.8, 4) is 5.75 Å². The first-order chi connectivity index (χ1) is 10.6. The van der Waals surface area contributed by atoms with E-state index in [0.717, 1.165) is 28.3 Å². The Balaban J connectivity index is 1.87. The second-order valence-corrected chi connectivity index (χ2v) is 5.24. The van der Waals surface area contributed by atoms with Crippen molar-refractivity contribution in [3.05, 3.63) is 53.6 Å². The van der Waals surface area contributed by atoms with E-state index in [1.165, 1.54) is 0 Å². The summed E-state index contributed by atoms with van der Waals surface area (Å²) in [5.41, 5.74) is 3.97. The monoisotopic (exact) mass is 298 g/mol. The summed E-state index contributed by atoms with van der Waals surface area (Å²) >= 11 is 0. The van der Waals surface area contributed by atoms with Gasteiger partial charge in [0.15, 0.2) is 0 Å². The Kier molecular flexibility index (Phi) is 5.42. The van der Waals surface area contributed by atoms with Crippen molar-refractivity contribution >= 4 is 17.3 Å². The van der Waals surface area contributed by atoms with E-state index >= 15 is 0 Å². The van der Waals surface area contributed by atoms with Gasteiger partial charge in [0.25, 0.3) is 0 Å². The van der Waals surface area contributed by atoms with E-state index in [9.17, 15) is 4.79 Å². The van der Waals surface area contributed by atoms with Gasteiger partial charge in [-0.15, -0.1) is 0 Å². The number of nitrogens with one attached hydrogen (secondary N) is 2. The smallest absolute Gasteiger partial charge is 0.226 e. The van der Waals surface area contributed by atoms with Gasteiger partial charge in [-0.25, -0.2) is 0 Å². The summed E-state index contributed by atoms with van der Waals surface area (Å²) in [7, 11) is 1.63. The third-order valence-corrected chi connectivity index (χ3v) is 3.44. The lowest BCUT2D eigenvalue weighted by Crippen LogP contribution is -2.17. The van der Waals surface area contributed by atoms with Crippen LogP contribution in [0.4, 0.5) is 11.4 Å². The number of benzene rings is 2. The summed E-state index contributed by atoms with van der Waals surface area (Å²) in [6, 6.07) is 13.7. The molecule has 1 amide bonds. The maximum atomic E-state index is 12.0. The van der Waals surface area contributed by atoms with Crippen LogP contribution in [0.5, 0.6) is 5.75 Å². The molecule has 116 valence electrons. The van der Waals surface area contributed by atoms with Gasteiger partial charge >= 0.3 is 0 Å². The molecule has 0 aliphatic heterocycles. The third kappa shape index (κ3) is 4.25. The SMILES string of the molecule is COc1ccccc1NCCC(=O)Nc1cc(C)ccc1C. The number of ether oxygens (including phenoxy) is 1. The van der Waals surface area contributed by atoms with Crippen LogP contribution in [0.15, 0.2) is 42.5 Å². The second-order valence-electron chi connectivity index (χ2n) is 5.24. The molecule has 2 N–H and O–H groups in total. The van der Waals surface area contributed by atoms with Crippen molar-refractivity contribution in [3.63, 3.8) is 0 Å². The van der Waals surface area contributed by atoms with Gasteiger partial charge in [-0.05, 0) is 43.2 Å². The third-order valence-electron chi connectivity index (χ3n) is 3.44. The molecule has 0 spiro atoms. The Morgan fingerprint density at radius 3 is 2.64 bits per heavy atom. The number of rotatable bonds is 6. The van der Waals surface area contributed by atoms with Gasteiger partial charge in [0.05, 0.1) is 12.8 Å². The number of aryl methyl sites for hydroxylation is 2. The number of para-hydroxylation sites is 2. The number of anilines is 2. The van der Waals surface area contributed by atoms with Crippen LogP contribution in [-0.2, 0) is 4.79 Å². The number of hydrogen-bond acceptors (Lipinski definition) is 3. The molecule has 0 saturated carbocycles. The van der Waals surface area contributed by atoms with Crippen molar-refractivity contribution in [1.82, 2.24) is 0 Å². The molecular formula is C18H22N2O2. The van der Waals surface area contributed by atoms with Crippen LogP contribution >= 0.6 is 0 Å². The van der Waals surface area contributed by atoms with E-state index in [4.69, 9.17) is 4.74 Å². The Morgan fingerprint density at radius 1 is 1.09 bits per heavy atom. The quantitative estimate of drug-likeness (QED) is 0.854. The Labute approximate surface area is 131 Å². The van der Waals surface area contributed by atoms with E-state index in [2.05, 4.69) is 10.6 Å².